The first kappa shape index (κ1) is 26.9. The molecule has 0 heterocycles. The molecule has 3 aromatic carbocycles. The summed E-state index contributed by atoms with van der Waals surface area (Å²) in [5, 5.41) is 2.70. The SMILES string of the molecule is CNC(=O)[C@@H](Cc1ccccc1)N(Cc1ccccc1)C(=O)CCCN(c1ccccc1)S(C)(=O)=O. The molecule has 0 saturated carbocycles. The Kier molecular flexibility index (Phi) is 9.64. The summed E-state index contributed by atoms with van der Waals surface area (Å²) >= 11 is 0. The molecule has 1 atom stereocenters. The van der Waals surface area contributed by atoms with E-state index in [0.29, 0.717) is 18.5 Å². The summed E-state index contributed by atoms with van der Waals surface area (Å²) in [7, 11) is -1.95. The first-order chi connectivity index (χ1) is 17.3. The fraction of sp³-hybridized carbons (Fsp3) is 0.286. The smallest absolute Gasteiger partial charge is 0.242 e. The van der Waals surface area contributed by atoms with Crippen LogP contribution in [0.15, 0.2) is 91.0 Å². The Labute approximate surface area is 213 Å². The summed E-state index contributed by atoms with van der Waals surface area (Å²) in [6.45, 7) is 0.441. The summed E-state index contributed by atoms with van der Waals surface area (Å²) in [5.41, 5.74) is 2.42. The van der Waals surface area contributed by atoms with Gasteiger partial charge in [0.15, 0.2) is 0 Å². The van der Waals surface area contributed by atoms with E-state index in [4.69, 9.17) is 0 Å². The molecule has 0 aromatic heterocycles. The third-order valence-corrected chi connectivity index (χ3v) is 7.10. The van der Waals surface area contributed by atoms with Gasteiger partial charge in [0, 0.05) is 33.0 Å². The zero-order valence-corrected chi connectivity index (χ0v) is 21.5. The Morgan fingerprint density at radius 1 is 0.833 bits per heavy atom. The molecule has 0 bridgehead atoms. The van der Waals surface area contributed by atoms with E-state index in [9.17, 15) is 18.0 Å². The zero-order chi connectivity index (χ0) is 26.0. The molecule has 8 heteroatoms. The fourth-order valence-electron chi connectivity index (χ4n) is 4.10. The van der Waals surface area contributed by atoms with Gasteiger partial charge in [0.2, 0.25) is 21.8 Å². The van der Waals surface area contributed by atoms with Crippen LogP contribution >= 0.6 is 0 Å². The van der Waals surface area contributed by atoms with Crippen molar-refractivity contribution in [3.63, 3.8) is 0 Å². The van der Waals surface area contributed by atoms with Crippen molar-refractivity contribution in [2.24, 2.45) is 0 Å². The minimum absolute atomic E-state index is 0.105. The van der Waals surface area contributed by atoms with E-state index in [1.807, 2.05) is 66.7 Å². The number of anilines is 1. The van der Waals surface area contributed by atoms with Crippen LogP contribution in [-0.4, -0.2) is 51.0 Å². The van der Waals surface area contributed by atoms with Crippen molar-refractivity contribution in [3.05, 3.63) is 102 Å². The van der Waals surface area contributed by atoms with E-state index in [-0.39, 0.29) is 31.3 Å². The molecule has 0 aliphatic rings. The van der Waals surface area contributed by atoms with Crippen molar-refractivity contribution in [2.75, 3.05) is 24.2 Å². The number of carbonyl (C=O) groups is 2. The fourth-order valence-corrected chi connectivity index (χ4v) is 5.06. The normalized spacial score (nSPS) is 11.9. The van der Waals surface area contributed by atoms with Crippen molar-refractivity contribution < 1.29 is 18.0 Å². The minimum atomic E-state index is -3.51. The van der Waals surface area contributed by atoms with Gasteiger partial charge < -0.3 is 10.2 Å². The van der Waals surface area contributed by atoms with E-state index < -0.39 is 16.1 Å². The van der Waals surface area contributed by atoms with Crippen LogP contribution in [0.3, 0.4) is 0 Å². The molecule has 1 N–H and O–H groups in total. The summed E-state index contributed by atoms with van der Waals surface area (Å²) in [6, 6.07) is 27.3. The Morgan fingerprint density at radius 2 is 1.36 bits per heavy atom. The second-order valence-electron chi connectivity index (χ2n) is 8.60. The number of hydrogen-bond acceptors (Lipinski definition) is 4. The molecular weight excluding hydrogens is 474 g/mol. The molecule has 7 nitrogen and oxygen atoms in total. The molecule has 36 heavy (non-hydrogen) atoms. The predicted octanol–water partition coefficient (Wildman–Crippen LogP) is 3.62. The van der Waals surface area contributed by atoms with Crippen molar-refractivity contribution in [1.29, 1.82) is 0 Å². The number of hydrogen-bond donors (Lipinski definition) is 1. The predicted molar refractivity (Wildman–Crippen MR) is 143 cm³/mol. The number of nitrogens with one attached hydrogen (secondary N) is 1. The van der Waals surface area contributed by atoms with Crippen molar-refractivity contribution in [2.45, 2.75) is 31.8 Å². The summed E-state index contributed by atoms with van der Waals surface area (Å²) in [5.74, 6) is -0.449. The Hall–Kier alpha value is -3.65. The van der Waals surface area contributed by atoms with Gasteiger partial charge in [-0.1, -0.05) is 78.9 Å². The highest BCUT2D eigenvalue weighted by Gasteiger charge is 2.30. The Balaban J connectivity index is 1.81. The highest BCUT2D eigenvalue weighted by molar-refractivity contribution is 7.92. The molecule has 0 aliphatic carbocycles. The summed E-state index contributed by atoms with van der Waals surface area (Å²) in [4.78, 5) is 28.1. The molecule has 0 spiro atoms. The number of carbonyl (C=O) groups excluding carboxylic acids is 2. The molecular formula is C28H33N3O4S. The second kappa shape index (κ2) is 12.9. The molecule has 0 radical (unpaired) electrons. The highest BCUT2D eigenvalue weighted by atomic mass is 32.2. The maximum Gasteiger partial charge on any atom is 0.242 e. The van der Waals surface area contributed by atoms with Crippen LogP contribution in [0.2, 0.25) is 0 Å². The topological polar surface area (TPSA) is 86.8 Å². The molecule has 0 aliphatic heterocycles. The van der Waals surface area contributed by atoms with Gasteiger partial charge >= 0.3 is 0 Å². The number of sulfonamides is 1. The van der Waals surface area contributed by atoms with Gasteiger partial charge in [-0.2, -0.15) is 0 Å². The van der Waals surface area contributed by atoms with Gasteiger partial charge in [0.05, 0.1) is 11.9 Å². The lowest BCUT2D eigenvalue weighted by molar-refractivity contribution is -0.141. The Morgan fingerprint density at radius 3 is 1.89 bits per heavy atom. The molecule has 3 aromatic rings. The van der Waals surface area contributed by atoms with Gasteiger partial charge in [-0.25, -0.2) is 8.42 Å². The van der Waals surface area contributed by atoms with Crippen LogP contribution in [-0.2, 0) is 32.6 Å². The molecule has 190 valence electrons. The van der Waals surface area contributed by atoms with Gasteiger partial charge in [0.1, 0.15) is 6.04 Å². The molecule has 0 fully saturated rings. The van der Waals surface area contributed by atoms with Crippen LogP contribution in [0.25, 0.3) is 0 Å². The lowest BCUT2D eigenvalue weighted by Crippen LogP contribution is -2.49. The number of amides is 2. The van der Waals surface area contributed by atoms with Crippen LogP contribution < -0.4 is 9.62 Å². The highest BCUT2D eigenvalue weighted by Crippen LogP contribution is 2.19. The van der Waals surface area contributed by atoms with Crippen molar-refractivity contribution in [3.8, 4) is 0 Å². The first-order valence-corrected chi connectivity index (χ1v) is 13.8. The van der Waals surface area contributed by atoms with Gasteiger partial charge in [0.25, 0.3) is 0 Å². The number of para-hydroxylation sites is 1. The largest absolute Gasteiger partial charge is 0.357 e. The number of likely N-dealkylation sites (N-methyl/N-ethyl adjacent to an activating group) is 1. The van der Waals surface area contributed by atoms with Crippen molar-refractivity contribution in [1.82, 2.24) is 10.2 Å². The standard InChI is InChI=1S/C28H33N3O4S/c1-29-28(33)26(21-23-13-6-3-7-14-23)30(22-24-15-8-4-9-16-24)27(32)19-12-20-31(36(2,34)35)25-17-10-5-11-18-25/h3-11,13-18,26H,12,19-22H2,1-2H3,(H,29,33)/t26-/m1/s1. The van der Waals surface area contributed by atoms with E-state index in [1.165, 1.54) is 4.31 Å². The van der Waals surface area contributed by atoms with Crippen LogP contribution in [0.1, 0.15) is 24.0 Å². The lowest BCUT2D eigenvalue weighted by atomic mass is 10.0. The average Bonchev–Trinajstić information content (AvgIpc) is 2.89. The van der Waals surface area contributed by atoms with Crippen LogP contribution in [0, 0.1) is 0 Å². The quantitative estimate of drug-likeness (QED) is 0.406. The van der Waals surface area contributed by atoms with Gasteiger partial charge in [-0.15, -0.1) is 0 Å². The average molecular weight is 508 g/mol. The Bertz CT molecular complexity index is 1220. The third-order valence-electron chi connectivity index (χ3n) is 5.91. The molecule has 3 rings (SSSR count). The third kappa shape index (κ3) is 7.68. The van der Waals surface area contributed by atoms with Crippen molar-refractivity contribution >= 4 is 27.5 Å². The number of nitrogens with zero attached hydrogens (tertiary/aromatic N) is 2. The van der Waals surface area contributed by atoms with Crippen LogP contribution in [0.4, 0.5) is 5.69 Å². The first-order valence-electron chi connectivity index (χ1n) is 11.9. The van der Waals surface area contributed by atoms with Gasteiger partial charge in [-0.3, -0.25) is 13.9 Å². The van der Waals surface area contributed by atoms with Gasteiger partial charge in [-0.05, 0) is 29.7 Å². The maximum absolute atomic E-state index is 13.5. The minimum Gasteiger partial charge on any atom is -0.357 e. The maximum atomic E-state index is 13.5. The molecule has 0 unspecified atom stereocenters. The second-order valence-corrected chi connectivity index (χ2v) is 10.5. The van der Waals surface area contributed by atoms with E-state index in [2.05, 4.69) is 5.32 Å². The summed E-state index contributed by atoms with van der Waals surface area (Å²) in [6.07, 6.45) is 1.95. The summed E-state index contributed by atoms with van der Waals surface area (Å²) < 4.78 is 26.1. The number of benzene rings is 3. The monoisotopic (exact) mass is 507 g/mol. The van der Waals surface area contributed by atoms with E-state index >= 15 is 0 Å². The zero-order valence-electron chi connectivity index (χ0n) is 20.7. The molecule has 2 amide bonds. The lowest BCUT2D eigenvalue weighted by Gasteiger charge is -2.31. The van der Waals surface area contributed by atoms with E-state index in [1.54, 1.807) is 36.2 Å². The molecule has 0 saturated heterocycles. The van der Waals surface area contributed by atoms with Crippen LogP contribution in [0.5, 0.6) is 0 Å². The number of rotatable bonds is 12. The van der Waals surface area contributed by atoms with E-state index in [0.717, 1.165) is 17.4 Å².